The zero-order valence-electron chi connectivity index (χ0n) is 13.3. The number of nitrogens with two attached hydrogens (primary N) is 1. The summed E-state index contributed by atoms with van der Waals surface area (Å²) in [5, 5.41) is 0. The summed E-state index contributed by atoms with van der Waals surface area (Å²) in [5.74, 6) is -3.52. The van der Waals surface area contributed by atoms with Gasteiger partial charge in [0.05, 0.1) is 16.1 Å². The average Bonchev–Trinajstić information content (AvgIpc) is 3.42. The van der Waals surface area contributed by atoms with E-state index in [2.05, 4.69) is 0 Å². The summed E-state index contributed by atoms with van der Waals surface area (Å²) in [6.45, 7) is 0. The SMILES string of the molecule is NC(=O)c1cc(F)c(NS(=O)(=O)c2ccc(C(=O)C3CC3)cc2)cc1F. The number of amides is 1. The minimum absolute atomic E-state index is 0.00331. The number of rotatable bonds is 6. The summed E-state index contributed by atoms with van der Waals surface area (Å²) in [6.07, 6.45) is 1.65. The van der Waals surface area contributed by atoms with Gasteiger partial charge in [-0.3, -0.25) is 14.3 Å². The lowest BCUT2D eigenvalue weighted by Crippen LogP contribution is -2.17. The molecule has 0 heterocycles. The maximum absolute atomic E-state index is 14.0. The van der Waals surface area contributed by atoms with E-state index in [0.29, 0.717) is 17.7 Å². The van der Waals surface area contributed by atoms with Crippen molar-refractivity contribution in [2.45, 2.75) is 17.7 Å². The number of primary amides is 1. The van der Waals surface area contributed by atoms with Crippen LogP contribution in [0.15, 0.2) is 41.3 Å². The molecular weight excluding hydrogens is 366 g/mol. The highest BCUT2D eigenvalue weighted by Crippen LogP contribution is 2.32. The zero-order valence-corrected chi connectivity index (χ0v) is 14.1. The molecule has 0 spiro atoms. The molecule has 1 aliphatic rings. The molecule has 0 aromatic heterocycles. The van der Waals surface area contributed by atoms with E-state index in [0.717, 1.165) is 12.8 Å². The molecule has 1 saturated carbocycles. The van der Waals surface area contributed by atoms with Gasteiger partial charge >= 0.3 is 0 Å². The largest absolute Gasteiger partial charge is 0.366 e. The molecule has 0 atom stereocenters. The Kier molecular flexibility index (Phi) is 4.49. The van der Waals surface area contributed by atoms with E-state index < -0.39 is 38.8 Å². The molecular formula is C17H14F2N2O4S. The summed E-state index contributed by atoms with van der Waals surface area (Å²) in [7, 11) is -4.22. The first-order valence-corrected chi connectivity index (χ1v) is 9.13. The molecule has 136 valence electrons. The highest BCUT2D eigenvalue weighted by Gasteiger charge is 2.30. The second kappa shape index (κ2) is 6.49. The number of benzene rings is 2. The molecule has 2 aromatic rings. The predicted molar refractivity (Wildman–Crippen MR) is 89.2 cm³/mol. The number of halogens is 2. The summed E-state index contributed by atoms with van der Waals surface area (Å²) >= 11 is 0. The maximum Gasteiger partial charge on any atom is 0.261 e. The van der Waals surface area contributed by atoms with Gasteiger partial charge in [-0.2, -0.15) is 0 Å². The van der Waals surface area contributed by atoms with Gasteiger partial charge in [-0.25, -0.2) is 17.2 Å². The third-order valence-corrected chi connectivity index (χ3v) is 5.35. The highest BCUT2D eigenvalue weighted by molar-refractivity contribution is 7.92. The van der Waals surface area contributed by atoms with E-state index in [1.54, 1.807) is 0 Å². The van der Waals surface area contributed by atoms with Crippen LogP contribution in [0.3, 0.4) is 0 Å². The number of sulfonamides is 1. The van der Waals surface area contributed by atoms with E-state index in [1.165, 1.54) is 24.3 Å². The average molecular weight is 380 g/mol. The van der Waals surface area contributed by atoms with Crippen molar-refractivity contribution in [3.63, 3.8) is 0 Å². The number of hydrogen-bond donors (Lipinski definition) is 2. The van der Waals surface area contributed by atoms with Crippen LogP contribution in [0.5, 0.6) is 0 Å². The lowest BCUT2D eigenvalue weighted by molar-refractivity contribution is 0.0965. The zero-order chi connectivity index (χ0) is 19.1. The summed E-state index contributed by atoms with van der Waals surface area (Å²) in [5.41, 5.74) is 3.95. The lowest BCUT2D eigenvalue weighted by atomic mass is 10.1. The van der Waals surface area contributed by atoms with Crippen molar-refractivity contribution in [2.24, 2.45) is 11.7 Å². The van der Waals surface area contributed by atoms with E-state index in [1.807, 2.05) is 4.72 Å². The van der Waals surface area contributed by atoms with Crippen LogP contribution in [0, 0.1) is 17.6 Å². The Hall–Kier alpha value is -2.81. The fourth-order valence-corrected chi connectivity index (χ4v) is 3.46. The van der Waals surface area contributed by atoms with Crippen molar-refractivity contribution in [3.05, 3.63) is 59.2 Å². The summed E-state index contributed by atoms with van der Waals surface area (Å²) in [6, 6.07) is 6.24. The predicted octanol–water partition coefficient (Wildman–Crippen LogP) is 2.46. The van der Waals surface area contributed by atoms with Crippen molar-refractivity contribution in [1.29, 1.82) is 0 Å². The van der Waals surface area contributed by atoms with Crippen molar-refractivity contribution in [1.82, 2.24) is 0 Å². The Morgan fingerprint density at radius 2 is 1.65 bits per heavy atom. The first-order chi connectivity index (χ1) is 12.2. The van der Waals surface area contributed by atoms with Gasteiger partial charge in [0.1, 0.15) is 11.6 Å². The van der Waals surface area contributed by atoms with Crippen LogP contribution < -0.4 is 10.5 Å². The smallest absolute Gasteiger partial charge is 0.261 e. The van der Waals surface area contributed by atoms with Crippen molar-refractivity contribution >= 4 is 27.4 Å². The van der Waals surface area contributed by atoms with Gasteiger partial charge in [-0.15, -0.1) is 0 Å². The minimum Gasteiger partial charge on any atom is -0.366 e. The molecule has 1 aliphatic carbocycles. The molecule has 0 aliphatic heterocycles. The van der Waals surface area contributed by atoms with E-state index in [-0.39, 0.29) is 16.6 Å². The van der Waals surface area contributed by atoms with Crippen LogP contribution in [-0.2, 0) is 10.0 Å². The van der Waals surface area contributed by atoms with E-state index in [9.17, 15) is 26.8 Å². The lowest BCUT2D eigenvalue weighted by Gasteiger charge is -2.11. The third-order valence-electron chi connectivity index (χ3n) is 3.96. The number of Topliss-reactive ketones (excluding diaryl/α,β-unsaturated/α-hetero) is 1. The normalized spacial score (nSPS) is 14.1. The molecule has 3 rings (SSSR count). The minimum atomic E-state index is -4.22. The molecule has 9 heteroatoms. The quantitative estimate of drug-likeness (QED) is 0.751. The molecule has 0 saturated heterocycles. The Bertz CT molecular complexity index is 1000. The number of anilines is 1. The molecule has 26 heavy (non-hydrogen) atoms. The van der Waals surface area contributed by atoms with Crippen LogP contribution in [0.25, 0.3) is 0 Å². The molecule has 2 aromatic carbocycles. The Labute approximate surface area is 148 Å². The fourth-order valence-electron chi connectivity index (χ4n) is 2.40. The first-order valence-electron chi connectivity index (χ1n) is 7.65. The molecule has 0 bridgehead atoms. The first kappa shape index (κ1) is 18.0. The van der Waals surface area contributed by atoms with Gasteiger partial charge in [-0.05, 0) is 31.0 Å². The van der Waals surface area contributed by atoms with Crippen LogP contribution in [-0.4, -0.2) is 20.1 Å². The maximum atomic E-state index is 14.0. The van der Waals surface area contributed by atoms with Gasteiger partial charge in [0.2, 0.25) is 0 Å². The fraction of sp³-hybridized carbons (Fsp3) is 0.176. The topological polar surface area (TPSA) is 106 Å². The van der Waals surface area contributed by atoms with Gasteiger partial charge in [0.25, 0.3) is 15.9 Å². The molecule has 6 nitrogen and oxygen atoms in total. The van der Waals surface area contributed by atoms with Crippen molar-refractivity contribution < 1.29 is 26.8 Å². The Morgan fingerprint density at radius 1 is 1.04 bits per heavy atom. The van der Waals surface area contributed by atoms with Crippen LogP contribution in [0.1, 0.15) is 33.6 Å². The van der Waals surface area contributed by atoms with Crippen LogP contribution in [0.2, 0.25) is 0 Å². The standard InChI is InChI=1S/C17H14F2N2O4S/c18-13-8-15(14(19)7-12(13)17(20)23)21-26(24,25)11-5-3-10(4-6-11)16(22)9-1-2-9/h3-9,21H,1-2H2,(H2,20,23). The number of hydrogen-bond acceptors (Lipinski definition) is 4. The van der Waals surface area contributed by atoms with Gasteiger partial charge in [0, 0.05) is 17.5 Å². The van der Waals surface area contributed by atoms with E-state index >= 15 is 0 Å². The molecule has 1 fully saturated rings. The second-order valence-electron chi connectivity index (χ2n) is 5.94. The van der Waals surface area contributed by atoms with Gasteiger partial charge in [-0.1, -0.05) is 12.1 Å². The second-order valence-corrected chi connectivity index (χ2v) is 7.63. The van der Waals surface area contributed by atoms with Crippen molar-refractivity contribution in [3.8, 4) is 0 Å². The summed E-state index contributed by atoms with van der Waals surface area (Å²) < 4.78 is 54.3. The number of nitrogens with one attached hydrogen (secondary N) is 1. The molecule has 0 radical (unpaired) electrons. The monoisotopic (exact) mass is 380 g/mol. The van der Waals surface area contributed by atoms with Gasteiger partial charge < -0.3 is 5.73 Å². The van der Waals surface area contributed by atoms with E-state index in [4.69, 9.17) is 5.73 Å². The highest BCUT2D eigenvalue weighted by atomic mass is 32.2. The molecule has 1 amide bonds. The van der Waals surface area contributed by atoms with Gasteiger partial charge in [0.15, 0.2) is 5.78 Å². The Balaban J connectivity index is 1.86. The molecule has 0 unspecified atom stereocenters. The number of carbonyl (C=O) groups excluding carboxylic acids is 2. The van der Waals surface area contributed by atoms with Crippen LogP contribution in [0.4, 0.5) is 14.5 Å². The van der Waals surface area contributed by atoms with Crippen LogP contribution >= 0.6 is 0 Å². The third kappa shape index (κ3) is 3.57. The Morgan fingerprint density at radius 3 is 2.19 bits per heavy atom. The summed E-state index contributed by atoms with van der Waals surface area (Å²) in [4.78, 5) is 22.7. The molecule has 3 N–H and O–H groups in total. The van der Waals surface area contributed by atoms with Crippen molar-refractivity contribution in [2.75, 3.05) is 4.72 Å². The number of ketones is 1. The number of carbonyl (C=O) groups is 2.